The predicted octanol–water partition coefficient (Wildman–Crippen LogP) is 2.59. The van der Waals surface area contributed by atoms with Crippen LogP contribution in [0.15, 0.2) is 24.3 Å². The summed E-state index contributed by atoms with van der Waals surface area (Å²) < 4.78 is 11.8. The molecule has 0 aromatic heterocycles. The molecular formula is C12H18ClNOS. The summed E-state index contributed by atoms with van der Waals surface area (Å²) in [6, 6.07) is 7.59. The molecule has 1 unspecified atom stereocenters. The van der Waals surface area contributed by atoms with Crippen molar-refractivity contribution >= 4 is 22.4 Å². The number of rotatable bonds is 7. The van der Waals surface area contributed by atoms with Crippen LogP contribution in [0.5, 0.6) is 0 Å². The smallest absolute Gasteiger partial charge is 0.0500 e. The molecule has 0 aliphatic rings. The molecule has 0 heterocycles. The summed E-state index contributed by atoms with van der Waals surface area (Å²) in [4.78, 5) is 0. The zero-order valence-corrected chi connectivity index (χ0v) is 11.1. The first-order valence-electron chi connectivity index (χ1n) is 5.53. The van der Waals surface area contributed by atoms with Gasteiger partial charge < -0.3 is 5.32 Å². The lowest BCUT2D eigenvalue weighted by molar-refractivity contribution is 0.669. The van der Waals surface area contributed by atoms with Crippen LogP contribution in [0.4, 0.5) is 0 Å². The Bertz CT molecular complexity index is 344. The minimum atomic E-state index is -0.809. The van der Waals surface area contributed by atoms with E-state index in [1.165, 1.54) is 0 Å². The van der Waals surface area contributed by atoms with E-state index in [4.69, 9.17) is 11.6 Å². The van der Waals surface area contributed by atoms with Crippen molar-refractivity contribution in [2.45, 2.75) is 19.1 Å². The van der Waals surface area contributed by atoms with E-state index in [9.17, 15) is 4.21 Å². The molecule has 0 spiro atoms. The maximum atomic E-state index is 11.8. The minimum absolute atomic E-state index is 0.561. The Morgan fingerprint density at radius 3 is 2.81 bits per heavy atom. The maximum absolute atomic E-state index is 11.8. The molecule has 1 rings (SSSR count). The summed E-state index contributed by atoms with van der Waals surface area (Å²) in [6.07, 6.45) is 0.949. The highest BCUT2D eigenvalue weighted by Gasteiger charge is 2.04. The summed E-state index contributed by atoms with van der Waals surface area (Å²) in [5.74, 6) is 1.30. The van der Waals surface area contributed by atoms with Gasteiger partial charge in [0.25, 0.3) is 0 Å². The van der Waals surface area contributed by atoms with E-state index < -0.39 is 10.8 Å². The Labute approximate surface area is 105 Å². The second-order valence-corrected chi connectivity index (χ2v) is 5.57. The van der Waals surface area contributed by atoms with Crippen molar-refractivity contribution in [2.24, 2.45) is 0 Å². The van der Waals surface area contributed by atoms with Crippen LogP contribution in [-0.4, -0.2) is 23.1 Å². The molecule has 0 saturated heterocycles. The molecule has 0 bridgehead atoms. The van der Waals surface area contributed by atoms with Crippen molar-refractivity contribution in [2.75, 3.05) is 18.8 Å². The van der Waals surface area contributed by atoms with E-state index >= 15 is 0 Å². The van der Waals surface area contributed by atoms with Crippen molar-refractivity contribution < 1.29 is 4.21 Å². The standard InChI is InChI=1S/C12H18ClNOS/c1-2-14-8-5-9-16(15)10-11-6-3-4-7-12(11)13/h3-4,6-7,14H,2,5,8-10H2,1H3. The van der Waals surface area contributed by atoms with E-state index in [1.807, 2.05) is 24.3 Å². The normalized spacial score (nSPS) is 12.6. The zero-order valence-electron chi connectivity index (χ0n) is 9.54. The van der Waals surface area contributed by atoms with Crippen molar-refractivity contribution in [3.8, 4) is 0 Å². The average molecular weight is 260 g/mol. The number of benzene rings is 1. The first-order chi connectivity index (χ1) is 7.74. The quantitative estimate of drug-likeness (QED) is 0.763. The lowest BCUT2D eigenvalue weighted by atomic mass is 10.2. The highest BCUT2D eigenvalue weighted by atomic mass is 35.5. The number of hydrogen-bond acceptors (Lipinski definition) is 2. The molecule has 2 nitrogen and oxygen atoms in total. The second kappa shape index (κ2) is 7.82. The molecule has 16 heavy (non-hydrogen) atoms. The van der Waals surface area contributed by atoms with Crippen molar-refractivity contribution in [3.63, 3.8) is 0 Å². The van der Waals surface area contributed by atoms with Crippen LogP contribution in [0.3, 0.4) is 0 Å². The lowest BCUT2D eigenvalue weighted by Crippen LogP contribution is -2.16. The Balaban J connectivity index is 2.32. The molecule has 0 saturated carbocycles. The van der Waals surface area contributed by atoms with Gasteiger partial charge in [0.2, 0.25) is 0 Å². The topological polar surface area (TPSA) is 29.1 Å². The fourth-order valence-electron chi connectivity index (χ4n) is 1.40. The van der Waals surface area contributed by atoms with Crippen LogP contribution < -0.4 is 5.32 Å². The van der Waals surface area contributed by atoms with Gasteiger partial charge in [0.1, 0.15) is 0 Å². The molecule has 1 aromatic carbocycles. The monoisotopic (exact) mass is 259 g/mol. The Morgan fingerprint density at radius 2 is 2.12 bits per heavy atom. The largest absolute Gasteiger partial charge is 0.317 e. The van der Waals surface area contributed by atoms with Gasteiger partial charge in [0, 0.05) is 27.3 Å². The fraction of sp³-hybridized carbons (Fsp3) is 0.500. The molecule has 1 aromatic rings. The van der Waals surface area contributed by atoms with Gasteiger partial charge in [0.05, 0.1) is 0 Å². The van der Waals surface area contributed by atoms with Gasteiger partial charge in [-0.2, -0.15) is 0 Å². The zero-order chi connectivity index (χ0) is 11.8. The average Bonchev–Trinajstić information content (AvgIpc) is 2.28. The first-order valence-corrected chi connectivity index (χ1v) is 7.39. The van der Waals surface area contributed by atoms with Crippen LogP contribution in [0.25, 0.3) is 0 Å². The van der Waals surface area contributed by atoms with Crippen LogP contribution >= 0.6 is 11.6 Å². The van der Waals surface area contributed by atoms with Gasteiger partial charge in [0.15, 0.2) is 0 Å². The van der Waals surface area contributed by atoms with Crippen LogP contribution in [-0.2, 0) is 16.6 Å². The van der Waals surface area contributed by atoms with E-state index in [1.54, 1.807) is 0 Å². The predicted molar refractivity (Wildman–Crippen MR) is 71.3 cm³/mol. The summed E-state index contributed by atoms with van der Waals surface area (Å²) in [5.41, 5.74) is 0.978. The SMILES string of the molecule is CCNCCCS(=O)Cc1ccccc1Cl. The van der Waals surface area contributed by atoms with E-state index in [0.29, 0.717) is 10.8 Å². The molecule has 0 fully saturated rings. The molecule has 0 amide bonds. The fourth-order valence-corrected chi connectivity index (χ4v) is 2.89. The van der Waals surface area contributed by atoms with E-state index in [0.717, 1.165) is 30.8 Å². The van der Waals surface area contributed by atoms with Crippen LogP contribution in [0.2, 0.25) is 5.02 Å². The first kappa shape index (κ1) is 13.7. The molecule has 90 valence electrons. The summed E-state index contributed by atoms with van der Waals surface area (Å²) >= 11 is 6.01. The Kier molecular flexibility index (Phi) is 6.69. The summed E-state index contributed by atoms with van der Waals surface area (Å²) in [5, 5.41) is 3.93. The number of hydrogen-bond donors (Lipinski definition) is 1. The molecule has 1 N–H and O–H groups in total. The molecule has 4 heteroatoms. The summed E-state index contributed by atoms with van der Waals surface area (Å²) in [7, 11) is -0.809. The summed E-state index contributed by atoms with van der Waals surface area (Å²) in [6.45, 7) is 3.97. The third-order valence-corrected chi connectivity index (χ3v) is 4.00. The molecule has 0 aliphatic heterocycles. The van der Waals surface area contributed by atoms with Gasteiger partial charge in [-0.05, 0) is 31.1 Å². The highest BCUT2D eigenvalue weighted by Crippen LogP contribution is 2.16. The van der Waals surface area contributed by atoms with E-state index in [-0.39, 0.29) is 0 Å². The molecule has 0 aliphatic carbocycles. The third kappa shape index (κ3) is 5.10. The van der Waals surface area contributed by atoms with Crippen molar-refractivity contribution in [3.05, 3.63) is 34.9 Å². The minimum Gasteiger partial charge on any atom is -0.317 e. The van der Waals surface area contributed by atoms with Crippen molar-refractivity contribution in [1.29, 1.82) is 0 Å². The number of nitrogens with one attached hydrogen (secondary N) is 1. The van der Waals surface area contributed by atoms with Gasteiger partial charge >= 0.3 is 0 Å². The molecular weight excluding hydrogens is 242 g/mol. The highest BCUT2D eigenvalue weighted by molar-refractivity contribution is 7.84. The number of halogens is 1. The van der Waals surface area contributed by atoms with Gasteiger partial charge in [-0.15, -0.1) is 0 Å². The Hall–Kier alpha value is -0.380. The van der Waals surface area contributed by atoms with Gasteiger partial charge in [-0.3, -0.25) is 4.21 Å². The second-order valence-electron chi connectivity index (χ2n) is 3.59. The third-order valence-electron chi connectivity index (χ3n) is 2.25. The van der Waals surface area contributed by atoms with Gasteiger partial charge in [-0.1, -0.05) is 36.7 Å². The molecule has 0 radical (unpaired) electrons. The maximum Gasteiger partial charge on any atom is 0.0500 e. The van der Waals surface area contributed by atoms with Crippen LogP contribution in [0, 0.1) is 0 Å². The van der Waals surface area contributed by atoms with Crippen molar-refractivity contribution in [1.82, 2.24) is 5.32 Å². The van der Waals surface area contributed by atoms with E-state index in [2.05, 4.69) is 12.2 Å². The van der Waals surface area contributed by atoms with Crippen LogP contribution in [0.1, 0.15) is 18.9 Å². The molecule has 1 atom stereocenters. The Morgan fingerprint density at radius 1 is 1.38 bits per heavy atom. The lowest BCUT2D eigenvalue weighted by Gasteiger charge is -2.04. The van der Waals surface area contributed by atoms with Gasteiger partial charge in [-0.25, -0.2) is 0 Å².